The van der Waals surface area contributed by atoms with Crippen LogP contribution in [0.4, 0.5) is 0 Å². The number of hydrogen-bond acceptors (Lipinski definition) is 3. The fraction of sp³-hybridized carbons (Fsp3) is 0.562. The third kappa shape index (κ3) is 2.23. The molecule has 0 bridgehead atoms. The Kier molecular flexibility index (Phi) is 3.00. The highest BCUT2D eigenvalue weighted by molar-refractivity contribution is 5.78. The molecule has 0 atom stereocenters. The minimum atomic E-state index is 0.601. The Morgan fingerprint density at radius 2 is 2.10 bits per heavy atom. The number of nitrogens with zero attached hydrogens (tertiary/aromatic N) is 2. The van der Waals surface area contributed by atoms with Gasteiger partial charge in [0, 0.05) is 18.5 Å². The highest BCUT2D eigenvalue weighted by Crippen LogP contribution is 2.39. The Hall–Kier alpha value is -1.39. The van der Waals surface area contributed by atoms with Gasteiger partial charge in [0.1, 0.15) is 0 Å². The minimum absolute atomic E-state index is 0.601. The molecule has 1 aromatic heterocycles. The van der Waals surface area contributed by atoms with Crippen molar-refractivity contribution in [3.8, 4) is 0 Å². The number of fused-ring (bicyclic) bond motifs is 1. The molecule has 0 saturated carbocycles. The predicted octanol–water partition coefficient (Wildman–Crippen LogP) is 2.14. The molecule has 0 radical (unpaired) electrons. The zero-order valence-electron chi connectivity index (χ0n) is 11.9. The molecular weight excluding hydrogens is 248 g/mol. The van der Waals surface area contributed by atoms with Crippen LogP contribution in [0.25, 0.3) is 10.9 Å². The van der Waals surface area contributed by atoms with E-state index in [1.165, 1.54) is 56.4 Å². The topological polar surface area (TPSA) is 44.0 Å². The molecular formula is C16H22N4. The summed E-state index contributed by atoms with van der Waals surface area (Å²) in [6, 6.07) is 6.66. The monoisotopic (exact) mass is 270 g/mol. The molecule has 0 amide bonds. The summed E-state index contributed by atoms with van der Waals surface area (Å²) in [4.78, 5) is 2.63. The second-order valence-electron chi connectivity index (χ2n) is 6.50. The molecule has 4 heteroatoms. The Labute approximate surface area is 119 Å². The number of rotatable bonds is 2. The summed E-state index contributed by atoms with van der Waals surface area (Å²) in [5, 5.41) is 11.8. The second kappa shape index (κ2) is 4.86. The summed E-state index contributed by atoms with van der Waals surface area (Å²) in [7, 11) is 0. The summed E-state index contributed by atoms with van der Waals surface area (Å²) in [5.41, 5.74) is 3.15. The molecule has 2 fully saturated rings. The molecule has 1 aromatic carbocycles. The van der Waals surface area contributed by atoms with Crippen LogP contribution in [-0.4, -0.2) is 41.3 Å². The summed E-state index contributed by atoms with van der Waals surface area (Å²) < 4.78 is 0. The molecule has 1 spiro atoms. The van der Waals surface area contributed by atoms with Crippen LogP contribution in [0.15, 0.2) is 24.4 Å². The van der Waals surface area contributed by atoms with E-state index in [4.69, 9.17) is 0 Å². The lowest BCUT2D eigenvalue weighted by atomic mass is 9.78. The van der Waals surface area contributed by atoms with Gasteiger partial charge in [0.15, 0.2) is 0 Å². The summed E-state index contributed by atoms with van der Waals surface area (Å²) in [6.45, 7) is 6.00. The average Bonchev–Trinajstić information content (AvgIpc) is 3.07. The van der Waals surface area contributed by atoms with Crippen LogP contribution in [0.3, 0.4) is 0 Å². The van der Waals surface area contributed by atoms with Gasteiger partial charge in [0.05, 0.1) is 11.7 Å². The number of aromatic amines is 1. The quantitative estimate of drug-likeness (QED) is 0.878. The summed E-state index contributed by atoms with van der Waals surface area (Å²) >= 11 is 0. The van der Waals surface area contributed by atoms with Crippen molar-refractivity contribution >= 4 is 10.9 Å². The third-order valence-electron chi connectivity index (χ3n) is 5.09. The van der Waals surface area contributed by atoms with Crippen molar-refractivity contribution in [1.82, 2.24) is 20.4 Å². The van der Waals surface area contributed by atoms with E-state index >= 15 is 0 Å². The van der Waals surface area contributed by atoms with E-state index in [0.29, 0.717) is 5.41 Å². The normalized spacial score (nSPS) is 22.8. The zero-order valence-corrected chi connectivity index (χ0v) is 11.9. The van der Waals surface area contributed by atoms with E-state index in [1.54, 1.807) is 0 Å². The molecule has 0 unspecified atom stereocenters. The van der Waals surface area contributed by atoms with Gasteiger partial charge in [-0.2, -0.15) is 5.10 Å². The molecule has 2 aliphatic rings. The number of hydrogen-bond donors (Lipinski definition) is 2. The minimum Gasteiger partial charge on any atom is -0.317 e. The number of piperidine rings is 1. The van der Waals surface area contributed by atoms with Gasteiger partial charge in [0.25, 0.3) is 0 Å². The van der Waals surface area contributed by atoms with E-state index in [2.05, 4.69) is 38.6 Å². The van der Waals surface area contributed by atoms with Crippen molar-refractivity contribution in [3.63, 3.8) is 0 Å². The van der Waals surface area contributed by atoms with Crippen LogP contribution in [0, 0.1) is 5.41 Å². The summed E-state index contributed by atoms with van der Waals surface area (Å²) in [6.07, 6.45) is 5.96. The number of H-pyrrole nitrogens is 1. The molecule has 0 aliphatic carbocycles. The average molecular weight is 270 g/mol. The molecule has 106 valence electrons. The Morgan fingerprint density at radius 3 is 3.00 bits per heavy atom. The van der Waals surface area contributed by atoms with E-state index in [9.17, 15) is 0 Å². The highest BCUT2D eigenvalue weighted by atomic mass is 15.2. The maximum Gasteiger partial charge on any atom is 0.0653 e. The lowest BCUT2D eigenvalue weighted by Crippen LogP contribution is -2.38. The maximum absolute atomic E-state index is 4.10. The van der Waals surface area contributed by atoms with Gasteiger partial charge in [-0.1, -0.05) is 12.1 Å². The Bertz CT molecular complexity index is 597. The lowest BCUT2D eigenvalue weighted by Gasteiger charge is -2.33. The second-order valence-corrected chi connectivity index (χ2v) is 6.50. The van der Waals surface area contributed by atoms with Gasteiger partial charge in [-0.05, 0) is 55.9 Å². The fourth-order valence-electron chi connectivity index (χ4n) is 3.87. The molecule has 3 heterocycles. The van der Waals surface area contributed by atoms with Crippen LogP contribution >= 0.6 is 0 Å². The van der Waals surface area contributed by atoms with Crippen molar-refractivity contribution in [2.24, 2.45) is 5.41 Å². The van der Waals surface area contributed by atoms with Crippen LogP contribution < -0.4 is 5.32 Å². The largest absolute Gasteiger partial charge is 0.317 e. The first-order valence-corrected chi connectivity index (χ1v) is 7.68. The van der Waals surface area contributed by atoms with Gasteiger partial charge in [-0.15, -0.1) is 0 Å². The Balaban J connectivity index is 1.46. The van der Waals surface area contributed by atoms with Gasteiger partial charge in [0.2, 0.25) is 0 Å². The van der Waals surface area contributed by atoms with E-state index < -0.39 is 0 Å². The van der Waals surface area contributed by atoms with Gasteiger partial charge in [-0.25, -0.2) is 0 Å². The van der Waals surface area contributed by atoms with Crippen molar-refractivity contribution in [2.75, 3.05) is 26.2 Å². The molecule has 4 nitrogen and oxygen atoms in total. The van der Waals surface area contributed by atoms with Gasteiger partial charge >= 0.3 is 0 Å². The zero-order chi connectivity index (χ0) is 13.4. The first-order chi connectivity index (χ1) is 9.83. The molecule has 2 saturated heterocycles. The van der Waals surface area contributed by atoms with E-state index in [-0.39, 0.29) is 0 Å². The van der Waals surface area contributed by atoms with Crippen molar-refractivity contribution in [3.05, 3.63) is 30.0 Å². The summed E-state index contributed by atoms with van der Waals surface area (Å²) in [5.74, 6) is 0. The molecule has 2 N–H and O–H groups in total. The Morgan fingerprint density at radius 1 is 1.20 bits per heavy atom. The first kappa shape index (κ1) is 12.4. The van der Waals surface area contributed by atoms with E-state index in [0.717, 1.165) is 12.1 Å². The molecule has 20 heavy (non-hydrogen) atoms. The van der Waals surface area contributed by atoms with Crippen LogP contribution in [0.1, 0.15) is 24.8 Å². The van der Waals surface area contributed by atoms with Crippen LogP contribution in [0.2, 0.25) is 0 Å². The van der Waals surface area contributed by atoms with Gasteiger partial charge < -0.3 is 5.32 Å². The molecule has 4 rings (SSSR count). The number of likely N-dealkylation sites (tertiary alicyclic amines) is 1. The van der Waals surface area contributed by atoms with Crippen LogP contribution in [-0.2, 0) is 6.54 Å². The predicted molar refractivity (Wildman–Crippen MR) is 80.5 cm³/mol. The van der Waals surface area contributed by atoms with Crippen molar-refractivity contribution in [2.45, 2.75) is 25.8 Å². The number of benzene rings is 1. The standard InChI is InChI=1S/C16H22N4/c1-2-14-10-18-19-15(14)9-13(1)11-20-8-5-16(12-20)3-6-17-7-4-16/h1-2,9-10,17H,3-8,11-12H2,(H,18,19). The highest BCUT2D eigenvalue weighted by Gasteiger charge is 2.38. The van der Waals surface area contributed by atoms with Crippen LogP contribution in [0.5, 0.6) is 0 Å². The van der Waals surface area contributed by atoms with Crippen molar-refractivity contribution in [1.29, 1.82) is 0 Å². The number of aromatic nitrogens is 2. The lowest BCUT2D eigenvalue weighted by molar-refractivity contribution is 0.194. The van der Waals surface area contributed by atoms with E-state index in [1.807, 2.05) is 6.20 Å². The third-order valence-corrected chi connectivity index (χ3v) is 5.09. The smallest absolute Gasteiger partial charge is 0.0653 e. The number of nitrogens with one attached hydrogen (secondary N) is 2. The van der Waals surface area contributed by atoms with Crippen molar-refractivity contribution < 1.29 is 0 Å². The maximum atomic E-state index is 4.10. The first-order valence-electron chi connectivity index (χ1n) is 7.68. The van der Waals surface area contributed by atoms with Gasteiger partial charge in [-0.3, -0.25) is 10.00 Å². The molecule has 2 aromatic rings. The molecule has 2 aliphatic heterocycles. The fourth-order valence-corrected chi connectivity index (χ4v) is 3.87. The SMILES string of the molecule is c1cc2cn[nH]c2cc1CN1CCC2(CCNCC2)C1.